The zero-order valence-corrected chi connectivity index (χ0v) is 12.5. The molecule has 2 heterocycles. The Kier molecular flexibility index (Phi) is 4.83. The van der Waals surface area contributed by atoms with Crippen molar-refractivity contribution in [1.82, 2.24) is 10.3 Å². The lowest BCUT2D eigenvalue weighted by atomic mass is 10.2. The van der Waals surface area contributed by atoms with Crippen LogP contribution < -0.4 is 10.1 Å². The third-order valence-corrected chi connectivity index (χ3v) is 3.57. The molecule has 6 heteroatoms. The second kappa shape index (κ2) is 7.19. The summed E-state index contributed by atoms with van der Waals surface area (Å²) in [5.74, 6) is -0.184. The summed E-state index contributed by atoms with van der Waals surface area (Å²) in [6.45, 7) is 1.39. The molecule has 0 unspecified atom stereocenters. The van der Waals surface area contributed by atoms with Gasteiger partial charge in [0, 0.05) is 30.8 Å². The van der Waals surface area contributed by atoms with Crippen molar-refractivity contribution in [2.45, 2.75) is 19.1 Å². The predicted octanol–water partition coefficient (Wildman–Crippen LogP) is 2.32. The lowest BCUT2D eigenvalue weighted by Crippen LogP contribution is -2.23. The average Bonchev–Trinajstić information content (AvgIpc) is 3.07. The zero-order chi connectivity index (χ0) is 16.1. The predicted molar refractivity (Wildman–Crippen MR) is 81.7 cm³/mol. The Hall–Kier alpha value is -2.47. The van der Waals surface area contributed by atoms with E-state index in [2.05, 4.69) is 10.3 Å². The van der Waals surface area contributed by atoms with Crippen LogP contribution in [0.1, 0.15) is 22.3 Å². The monoisotopic (exact) mass is 316 g/mol. The molecule has 5 nitrogen and oxygen atoms in total. The lowest BCUT2D eigenvalue weighted by Gasteiger charge is -2.11. The third kappa shape index (κ3) is 4.04. The molecular formula is C17H17FN2O3. The number of benzene rings is 1. The molecule has 1 saturated heterocycles. The third-order valence-electron chi connectivity index (χ3n) is 3.57. The van der Waals surface area contributed by atoms with Gasteiger partial charge in [0.05, 0.1) is 18.8 Å². The van der Waals surface area contributed by atoms with E-state index in [1.165, 1.54) is 12.3 Å². The van der Waals surface area contributed by atoms with Gasteiger partial charge in [-0.25, -0.2) is 9.37 Å². The van der Waals surface area contributed by atoms with Gasteiger partial charge in [-0.05, 0) is 12.1 Å². The molecule has 1 aliphatic heterocycles. The molecule has 1 aliphatic rings. The van der Waals surface area contributed by atoms with Crippen LogP contribution in [-0.4, -0.2) is 30.2 Å². The number of hydrogen-bond acceptors (Lipinski definition) is 4. The van der Waals surface area contributed by atoms with Crippen molar-refractivity contribution < 1.29 is 18.7 Å². The fourth-order valence-electron chi connectivity index (χ4n) is 2.28. The van der Waals surface area contributed by atoms with Gasteiger partial charge in [-0.3, -0.25) is 4.79 Å². The number of nitrogens with zero attached hydrogens (tertiary/aromatic N) is 1. The van der Waals surface area contributed by atoms with Crippen molar-refractivity contribution >= 4 is 5.91 Å². The summed E-state index contributed by atoms with van der Waals surface area (Å²) >= 11 is 0. The summed E-state index contributed by atoms with van der Waals surface area (Å²) in [5, 5.41) is 2.67. The molecule has 1 aromatic carbocycles. The molecule has 3 rings (SSSR count). The molecule has 1 aromatic heterocycles. The van der Waals surface area contributed by atoms with Gasteiger partial charge in [0.25, 0.3) is 5.91 Å². The molecule has 1 atom stereocenters. The molecule has 2 aromatic rings. The number of carbonyl (C=O) groups is 1. The van der Waals surface area contributed by atoms with Gasteiger partial charge >= 0.3 is 0 Å². The Morgan fingerprint density at radius 1 is 1.35 bits per heavy atom. The van der Waals surface area contributed by atoms with Crippen molar-refractivity contribution in [3.63, 3.8) is 0 Å². The quantitative estimate of drug-likeness (QED) is 0.919. The Morgan fingerprint density at radius 2 is 2.22 bits per heavy atom. The Bertz CT molecular complexity index is 670. The Balaban J connectivity index is 1.56. The van der Waals surface area contributed by atoms with Gasteiger partial charge in [-0.1, -0.05) is 18.2 Å². The number of rotatable bonds is 5. The van der Waals surface area contributed by atoms with E-state index in [4.69, 9.17) is 9.47 Å². The van der Waals surface area contributed by atoms with Gasteiger partial charge in [0.2, 0.25) is 5.88 Å². The molecule has 0 spiro atoms. The number of pyridine rings is 1. The number of aromatic nitrogens is 1. The highest BCUT2D eigenvalue weighted by molar-refractivity contribution is 5.93. The summed E-state index contributed by atoms with van der Waals surface area (Å²) < 4.78 is 24.4. The van der Waals surface area contributed by atoms with E-state index in [1.807, 2.05) is 0 Å². The van der Waals surface area contributed by atoms with E-state index in [1.54, 1.807) is 30.3 Å². The summed E-state index contributed by atoms with van der Waals surface area (Å²) in [5.41, 5.74) is 0.839. The minimum Gasteiger partial charge on any atom is -0.472 e. The highest BCUT2D eigenvalue weighted by Gasteiger charge is 2.17. The number of nitrogens with one attached hydrogen (secondary N) is 1. The highest BCUT2D eigenvalue weighted by Crippen LogP contribution is 2.15. The number of amides is 1. The first-order chi connectivity index (χ1) is 11.2. The first-order valence-corrected chi connectivity index (χ1v) is 7.44. The molecule has 0 radical (unpaired) electrons. The Labute approximate surface area is 133 Å². The van der Waals surface area contributed by atoms with Crippen LogP contribution in [0.3, 0.4) is 0 Å². The smallest absolute Gasteiger partial charge is 0.253 e. The summed E-state index contributed by atoms with van der Waals surface area (Å²) in [6.07, 6.45) is 2.30. The van der Waals surface area contributed by atoms with Crippen LogP contribution in [-0.2, 0) is 11.3 Å². The van der Waals surface area contributed by atoms with E-state index in [9.17, 15) is 9.18 Å². The standard InChI is InChI=1S/C17H17FN2O3/c18-15-4-2-1-3-12(15)9-20-17(21)13-5-6-16(19-10-13)23-14-7-8-22-11-14/h1-6,10,14H,7-9,11H2,(H,20,21)/t14-/m1/s1. The van der Waals surface area contributed by atoms with Crippen LogP contribution in [0.15, 0.2) is 42.6 Å². The number of hydrogen-bond donors (Lipinski definition) is 1. The van der Waals surface area contributed by atoms with Gasteiger partial charge in [0.1, 0.15) is 11.9 Å². The van der Waals surface area contributed by atoms with Crippen molar-refractivity contribution in [3.05, 3.63) is 59.5 Å². The average molecular weight is 316 g/mol. The van der Waals surface area contributed by atoms with Crippen molar-refractivity contribution in [1.29, 1.82) is 0 Å². The Morgan fingerprint density at radius 3 is 2.91 bits per heavy atom. The van der Waals surface area contributed by atoms with Crippen molar-refractivity contribution in [2.24, 2.45) is 0 Å². The van der Waals surface area contributed by atoms with E-state index in [0.717, 1.165) is 6.42 Å². The van der Waals surface area contributed by atoms with Gasteiger partial charge in [-0.2, -0.15) is 0 Å². The van der Waals surface area contributed by atoms with Crippen LogP contribution in [0.5, 0.6) is 5.88 Å². The molecule has 0 bridgehead atoms. The number of ether oxygens (including phenoxy) is 2. The van der Waals surface area contributed by atoms with E-state index >= 15 is 0 Å². The number of carbonyl (C=O) groups excluding carboxylic acids is 1. The largest absolute Gasteiger partial charge is 0.472 e. The molecule has 0 aliphatic carbocycles. The molecule has 1 amide bonds. The maximum absolute atomic E-state index is 13.5. The van der Waals surface area contributed by atoms with Crippen molar-refractivity contribution in [2.75, 3.05) is 13.2 Å². The zero-order valence-electron chi connectivity index (χ0n) is 12.5. The topological polar surface area (TPSA) is 60.5 Å². The van der Waals surface area contributed by atoms with Gasteiger partial charge in [-0.15, -0.1) is 0 Å². The fraction of sp³-hybridized carbons (Fsp3) is 0.294. The second-order valence-corrected chi connectivity index (χ2v) is 5.26. The molecule has 23 heavy (non-hydrogen) atoms. The molecule has 1 fully saturated rings. The minimum absolute atomic E-state index is 0.0169. The first kappa shape index (κ1) is 15.4. The van der Waals surface area contributed by atoms with Crippen LogP contribution >= 0.6 is 0 Å². The van der Waals surface area contributed by atoms with Gasteiger partial charge in [0.15, 0.2) is 0 Å². The van der Waals surface area contributed by atoms with E-state index in [0.29, 0.717) is 30.2 Å². The second-order valence-electron chi connectivity index (χ2n) is 5.26. The summed E-state index contributed by atoms with van der Waals surface area (Å²) in [4.78, 5) is 16.2. The van der Waals surface area contributed by atoms with Crippen LogP contribution in [0.2, 0.25) is 0 Å². The maximum atomic E-state index is 13.5. The SMILES string of the molecule is O=C(NCc1ccccc1F)c1ccc(O[C@@H]2CCOC2)nc1. The van der Waals surface area contributed by atoms with Crippen LogP contribution in [0.25, 0.3) is 0 Å². The molecule has 120 valence electrons. The first-order valence-electron chi connectivity index (χ1n) is 7.44. The van der Waals surface area contributed by atoms with E-state index in [-0.39, 0.29) is 24.4 Å². The maximum Gasteiger partial charge on any atom is 0.253 e. The number of halogens is 1. The highest BCUT2D eigenvalue weighted by atomic mass is 19.1. The normalized spacial score (nSPS) is 17.0. The van der Waals surface area contributed by atoms with E-state index < -0.39 is 0 Å². The summed E-state index contributed by atoms with van der Waals surface area (Å²) in [7, 11) is 0. The van der Waals surface area contributed by atoms with Gasteiger partial charge < -0.3 is 14.8 Å². The van der Waals surface area contributed by atoms with Crippen molar-refractivity contribution in [3.8, 4) is 5.88 Å². The molecular weight excluding hydrogens is 299 g/mol. The molecule has 0 saturated carbocycles. The summed E-state index contributed by atoms with van der Waals surface area (Å²) in [6, 6.07) is 9.62. The lowest BCUT2D eigenvalue weighted by molar-refractivity contribution is 0.0950. The minimum atomic E-state index is -0.339. The molecule has 1 N–H and O–H groups in total. The fourth-order valence-corrected chi connectivity index (χ4v) is 2.28. The van der Waals surface area contributed by atoms with Crippen LogP contribution in [0, 0.1) is 5.82 Å². The van der Waals surface area contributed by atoms with Crippen LogP contribution in [0.4, 0.5) is 4.39 Å².